The number of likely N-dealkylation sites (tertiary alicyclic amines) is 1. The number of amides is 2. The summed E-state index contributed by atoms with van der Waals surface area (Å²) < 4.78 is 10.3. The van der Waals surface area contributed by atoms with Gasteiger partial charge in [-0.05, 0) is 17.7 Å². The summed E-state index contributed by atoms with van der Waals surface area (Å²) in [5.74, 6) is -2.45. The average Bonchev–Trinajstić information content (AvgIpc) is 2.78. The number of rotatable bonds is 10. The van der Waals surface area contributed by atoms with Crippen molar-refractivity contribution >= 4 is 62.7 Å². The van der Waals surface area contributed by atoms with Crippen molar-refractivity contribution in [1.82, 2.24) is 10.2 Å². The number of benzene rings is 1. The van der Waals surface area contributed by atoms with Crippen molar-refractivity contribution in [1.29, 1.82) is 0 Å². The Bertz CT molecular complexity index is 849. The quantitative estimate of drug-likeness (QED) is 0.119. The van der Waals surface area contributed by atoms with Crippen LogP contribution in [0, 0.1) is 0 Å². The molecule has 30 heavy (non-hydrogen) atoms. The minimum Gasteiger partial charge on any atom is -0.509 e. The molecule has 0 spiro atoms. The van der Waals surface area contributed by atoms with E-state index in [1.165, 1.54) is 7.11 Å². The van der Waals surface area contributed by atoms with E-state index in [-0.39, 0.29) is 17.8 Å². The second-order valence-electron chi connectivity index (χ2n) is 5.86. The van der Waals surface area contributed by atoms with Gasteiger partial charge in [-0.15, -0.1) is 11.6 Å². The SMILES string of the molecule is COc1ccc(COC(=O)C(=C(O)CBr)N2C(=O)C(NC(=O)CCl)C2SC=O)cc1. The first-order valence-electron chi connectivity index (χ1n) is 8.43. The largest absolute Gasteiger partial charge is 0.509 e. The van der Waals surface area contributed by atoms with Crippen LogP contribution in [0.5, 0.6) is 5.75 Å². The van der Waals surface area contributed by atoms with E-state index in [1.54, 1.807) is 24.3 Å². The van der Waals surface area contributed by atoms with Gasteiger partial charge in [-0.25, -0.2) is 4.79 Å². The van der Waals surface area contributed by atoms with E-state index < -0.39 is 40.7 Å². The molecule has 9 nitrogen and oxygen atoms in total. The third-order valence-electron chi connectivity index (χ3n) is 4.04. The van der Waals surface area contributed by atoms with Crippen LogP contribution in [-0.4, -0.2) is 63.1 Å². The Morgan fingerprint density at radius 2 is 2.03 bits per heavy atom. The highest BCUT2D eigenvalue weighted by Crippen LogP contribution is 2.34. The maximum absolute atomic E-state index is 12.7. The van der Waals surface area contributed by atoms with Gasteiger partial charge in [0, 0.05) is 0 Å². The molecule has 12 heteroatoms. The van der Waals surface area contributed by atoms with Crippen LogP contribution in [0.1, 0.15) is 5.56 Å². The van der Waals surface area contributed by atoms with Gasteiger partial charge in [0.2, 0.25) is 5.91 Å². The smallest absolute Gasteiger partial charge is 0.358 e. The molecule has 0 aliphatic carbocycles. The molecule has 2 N–H and O–H groups in total. The number of nitrogens with one attached hydrogen (secondary N) is 1. The molecule has 1 aromatic carbocycles. The van der Waals surface area contributed by atoms with Crippen molar-refractivity contribution in [2.75, 3.05) is 18.3 Å². The summed E-state index contributed by atoms with van der Waals surface area (Å²) in [5, 5.41) is 11.5. The van der Waals surface area contributed by atoms with Crippen molar-refractivity contribution in [3.05, 3.63) is 41.3 Å². The predicted octanol–water partition coefficient (Wildman–Crippen LogP) is 1.72. The second-order valence-corrected chi connectivity index (χ2v) is 7.64. The van der Waals surface area contributed by atoms with Gasteiger partial charge in [0.1, 0.15) is 35.4 Å². The number of aliphatic hydroxyl groups excluding tert-OH is 1. The Balaban J connectivity index is 2.19. The molecular weight excluding hydrogens is 504 g/mol. The molecule has 0 radical (unpaired) electrons. The zero-order valence-corrected chi connectivity index (χ0v) is 18.8. The van der Waals surface area contributed by atoms with Crippen LogP contribution in [-0.2, 0) is 30.5 Å². The lowest BCUT2D eigenvalue weighted by Gasteiger charge is -2.45. The van der Waals surface area contributed by atoms with Gasteiger partial charge in [0.05, 0.1) is 12.4 Å². The summed E-state index contributed by atoms with van der Waals surface area (Å²) in [6.45, 7) is -0.123. The van der Waals surface area contributed by atoms with Gasteiger partial charge < -0.3 is 19.9 Å². The molecule has 1 aliphatic heterocycles. The highest BCUT2D eigenvalue weighted by atomic mass is 79.9. The van der Waals surface area contributed by atoms with E-state index in [9.17, 15) is 24.3 Å². The summed E-state index contributed by atoms with van der Waals surface area (Å²) in [7, 11) is 1.52. The molecule has 2 unspecified atom stereocenters. The van der Waals surface area contributed by atoms with E-state index >= 15 is 0 Å². The van der Waals surface area contributed by atoms with Gasteiger partial charge in [-0.2, -0.15) is 0 Å². The zero-order valence-electron chi connectivity index (χ0n) is 15.7. The molecule has 162 valence electrons. The molecule has 1 aromatic rings. The summed E-state index contributed by atoms with van der Waals surface area (Å²) in [6.07, 6.45) is 0. The second kappa shape index (κ2) is 11.2. The number of ether oxygens (including phenoxy) is 2. The van der Waals surface area contributed by atoms with Crippen LogP contribution in [0.3, 0.4) is 0 Å². The lowest BCUT2D eigenvalue weighted by Crippen LogP contribution is -2.69. The van der Waals surface area contributed by atoms with Crippen LogP contribution in [0.15, 0.2) is 35.7 Å². The lowest BCUT2D eigenvalue weighted by atomic mass is 10.1. The molecule has 1 aliphatic rings. The molecule has 2 atom stereocenters. The number of thioether (sulfide) groups is 1. The molecule has 0 saturated carbocycles. The number of esters is 1. The van der Waals surface area contributed by atoms with Gasteiger partial charge in [0.15, 0.2) is 11.3 Å². The van der Waals surface area contributed by atoms with Gasteiger partial charge in [-0.3, -0.25) is 19.3 Å². The third kappa shape index (κ3) is 5.46. The van der Waals surface area contributed by atoms with Crippen molar-refractivity contribution in [3.8, 4) is 5.75 Å². The van der Waals surface area contributed by atoms with Crippen molar-refractivity contribution in [3.63, 3.8) is 0 Å². The Labute approximate surface area is 189 Å². The minimum absolute atomic E-state index is 0.123. The summed E-state index contributed by atoms with van der Waals surface area (Å²) in [6, 6.07) is 5.69. The van der Waals surface area contributed by atoms with E-state index in [2.05, 4.69) is 21.2 Å². The summed E-state index contributed by atoms with van der Waals surface area (Å²) >= 11 is 9.14. The molecule has 1 saturated heterocycles. The van der Waals surface area contributed by atoms with Crippen LogP contribution >= 0.6 is 39.3 Å². The highest BCUT2D eigenvalue weighted by molar-refractivity contribution is 9.09. The first-order valence-corrected chi connectivity index (χ1v) is 11.0. The molecular formula is C18H18BrClN2O7S. The van der Waals surface area contributed by atoms with E-state index in [1.807, 2.05) is 0 Å². The van der Waals surface area contributed by atoms with E-state index in [0.29, 0.717) is 28.7 Å². The summed E-state index contributed by atoms with van der Waals surface area (Å²) in [4.78, 5) is 48.7. The van der Waals surface area contributed by atoms with Gasteiger partial charge in [-0.1, -0.05) is 39.8 Å². The average molecular weight is 522 g/mol. The maximum atomic E-state index is 12.7. The molecule has 1 heterocycles. The Hall–Kier alpha value is -2.24. The molecule has 0 aromatic heterocycles. The maximum Gasteiger partial charge on any atom is 0.358 e. The molecule has 0 bridgehead atoms. The Morgan fingerprint density at radius 1 is 1.37 bits per heavy atom. The number of nitrogens with zero attached hydrogens (tertiary/aromatic N) is 1. The fourth-order valence-corrected chi connectivity index (χ4v) is 3.73. The predicted molar refractivity (Wildman–Crippen MR) is 114 cm³/mol. The number of alkyl halides is 2. The fraction of sp³-hybridized carbons (Fsp3) is 0.333. The van der Waals surface area contributed by atoms with Crippen LogP contribution < -0.4 is 10.1 Å². The number of methoxy groups -OCH3 is 1. The number of hydrogen-bond donors (Lipinski definition) is 2. The number of carbonyl (C=O) groups excluding carboxylic acids is 4. The first kappa shape index (κ1) is 24.0. The number of β-lactam (4-membered cyclic amide) rings is 1. The zero-order chi connectivity index (χ0) is 22.3. The van der Waals surface area contributed by atoms with Crippen LogP contribution in [0.4, 0.5) is 0 Å². The normalized spacial score (nSPS) is 18.8. The van der Waals surface area contributed by atoms with Gasteiger partial charge in [0.25, 0.3) is 5.91 Å². The van der Waals surface area contributed by atoms with E-state index in [0.717, 1.165) is 4.90 Å². The lowest BCUT2D eigenvalue weighted by molar-refractivity contribution is -0.153. The van der Waals surface area contributed by atoms with Crippen molar-refractivity contribution in [2.45, 2.75) is 18.0 Å². The Kier molecular flexibility index (Phi) is 9.00. The number of allylic oxidation sites excluding steroid dienone is 1. The molecule has 1 fully saturated rings. The summed E-state index contributed by atoms with van der Waals surface area (Å²) in [5.41, 5.74) is 0.707. The fourth-order valence-electron chi connectivity index (χ4n) is 2.60. The van der Waals surface area contributed by atoms with Crippen molar-refractivity contribution in [2.24, 2.45) is 0 Å². The number of aliphatic hydroxyl groups is 1. The monoisotopic (exact) mass is 520 g/mol. The minimum atomic E-state index is -1.07. The van der Waals surface area contributed by atoms with Crippen LogP contribution in [0.2, 0.25) is 0 Å². The third-order valence-corrected chi connectivity index (χ3v) is 5.69. The van der Waals surface area contributed by atoms with Crippen molar-refractivity contribution < 1.29 is 33.8 Å². The number of carbonyl (C=O) groups is 4. The molecule has 2 amide bonds. The number of halogens is 2. The topological polar surface area (TPSA) is 122 Å². The number of hydrogen-bond acceptors (Lipinski definition) is 8. The molecule has 2 rings (SSSR count). The van der Waals surface area contributed by atoms with Gasteiger partial charge >= 0.3 is 5.97 Å². The standard InChI is InChI=1S/C18H18BrClN2O7S/c1-28-11-4-2-10(3-5-11)8-29-18(27)15(12(24)6-19)22-16(26)14(17(22)30-9-23)21-13(25)7-20/h2-5,9,14,17,24H,6-8H2,1H3,(H,21,25). The Morgan fingerprint density at radius 3 is 2.57 bits per heavy atom. The van der Waals surface area contributed by atoms with Crippen LogP contribution in [0.25, 0.3) is 0 Å². The van der Waals surface area contributed by atoms with E-state index in [4.69, 9.17) is 21.1 Å². The first-order chi connectivity index (χ1) is 14.4. The highest BCUT2D eigenvalue weighted by Gasteiger charge is 2.52.